The number of hydrogen-bond donors (Lipinski definition) is 1. The van der Waals surface area contributed by atoms with E-state index in [1.165, 1.54) is 5.56 Å². The molecule has 1 atom stereocenters. The van der Waals surface area contributed by atoms with Crippen LogP contribution in [0.4, 0.5) is 0 Å². The molecule has 0 amide bonds. The lowest BCUT2D eigenvalue weighted by molar-refractivity contribution is -0.133. The van der Waals surface area contributed by atoms with E-state index in [4.69, 9.17) is 9.84 Å². The number of aliphatic carboxylic acids is 1. The molecule has 0 aliphatic heterocycles. The summed E-state index contributed by atoms with van der Waals surface area (Å²) < 4.78 is 7.89. The fourth-order valence-corrected chi connectivity index (χ4v) is 3.15. The van der Waals surface area contributed by atoms with Gasteiger partial charge in [-0.2, -0.15) is 0 Å². The minimum absolute atomic E-state index is 0.0400. The molecule has 6 nitrogen and oxygen atoms in total. The summed E-state index contributed by atoms with van der Waals surface area (Å²) in [6, 6.07) is 8.06. The first-order valence-corrected chi connectivity index (χ1v) is 9.25. The summed E-state index contributed by atoms with van der Waals surface area (Å²) in [4.78, 5) is 10.7. The van der Waals surface area contributed by atoms with Gasteiger partial charge in [-0.05, 0) is 37.0 Å². The zero-order chi connectivity index (χ0) is 18.6. The van der Waals surface area contributed by atoms with Crippen molar-refractivity contribution in [2.24, 2.45) is 0 Å². The second kappa shape index (κ2) is 7.91. The average Bonchev–Trinajstić information content (AvgIpc) is 2.95. The molecule has 7 heteroatoms. The summed E-state index contributed by atoms with van der Waals surface area (Å²) in [5, 5.41) is 17.7. The van der Waals surface area contributed by atoms with E-state index >= 15 is 0 Å². The van der Waals surface area contributed by atoms with E-state index < -0.39 is 5.97 Å². The monoisotopic (exact) mass is 363 g/mol. The van der Waals surface area contributed by atoms with Crippen LogP contribution in [0, 0.1) is 0 Å². The Bertz CT molecular complexity index is 720. The quantitative estimate of drug-likeness (QED) is 0.752. The second-order valence-corrected chi connectivity index (χ2v) is 7.74. The zero-order valence-electron chi connectivity index (χ0n) is 15.3. The van der Waals surface area contributed by atoms with Crippen molar-refractivity contribution >= 4 is 17.7 Å². The summed E-state index contributed by atoms with van der Waals surface area (Å²) in [6.07, 6.45) is -0.285. The molecular weight excluding hydrogens is 338 g/mol. The molecule has 0 aliphatic carbocycles. The molecule has 0 spiro atoms. The normalized spacial score (nSPS) is 12.8. The Labute approximate surface area is 152 Å². The van der Waals surface area contributed by atoms with E-state index in [0.29, 0.717) is 17.5 Å². The number of hydrogen-bond acceptors (Lipinski definition) is 5. The predicted molar refractivity (Wildman–Crippen MR) is 98.2 cm³/mol. The van der Waals surface area contributed by atoms with Crippen LogP contribution in [0.3, 0.4) is 0 Å². The van der Waals surface area contributed by atoms with Crippen LogP contribution < -0.4 is 4.74 Å². The third-order valence-electron chi connectivity index (χ3n) is 3.78. The summed E-state index contributed by atoms with van der Waals surface area (Å²) >= 11 is 1.16. The van der Waals surface area contributed by atoms with Crippen molar-refractivity contribution < 1.29 is 14.6 Å². The number of rotatable bonds is 7. The standard InChI is InChI=1S/C18H25N3O3S/c1-6-21-16(19-20-17(21)25-11-15(22)23)12(2)24-14-9-7-13(8-10-14)18(3,4)5/h7-10,12H,6,11H2,1-5H3,(H,22,23). The Kier molecular flexibility index (Phi) is 6.11. The third-order valence-corrected chi connectivity index (χ3v) is 4.73. The largest absolute Gasteiger partial charge is 0.483 e. The van der Waals surface area contributed by atoms with Crippen molar-refractivity contribution in [2.45, 2.75) is 57.8 Å². The van der Waals surface area contributed by atoms with Crippen LogP contribution in [0.1, 0.15) is 52.1 Å². The van der Waals surface area contributed by atoms with Gasteiger partial charge in [0, 0.05) is 6.54 Å². The van der Waals surface area contributed by atoms with Crippen molar-refractivity contribution in [3.05, 3.63) is 35.7 Å². The molecule has 0 radical (unpaired) electrons. The van der Waals surface area contributed by atoms with Crippen molar-refractivity contribution in [1.29, 1.82) is 0 Å². The van der Waals surface area contributed by atoms with Crippen molar-refractivity contribution in [1.82, 2.24) is 14.8 Å². The van der Waals surface area contributed by atoms with Gasteiger partial charge >= 0.3 is 5.97 Å². The Morgan fingerprint density at radius 1 is 1.28 bits per heavy atom. The lowest BCUT2D eigenvalue weighted by Gasteiger charge is -2.20. The smallest absolute Gasteiger partial charge is 0.313 e. The first-order valence-electron chi connectivity index (χ1n) is 8.27. The maximum absolute atomic E-state index is 10.7. The molecule has 1 heterocycles. The second-order valence-electron chi connectivity index (χ2n) is 6.80. The van der Waals surface area contributed by atoms with Crippen LogP contribution in [-0.4, -0.2) is 31.6 Å². The van der Waals surface area contributed by atoms with Crippen molar-refractivity contribution in [3.63, 3.8) is 0 Å². The molecule has 0 fully saturated rings. The number of aromatic nitrogens is 3. The minimum atomic E-state index is -0.875. The van der Waals surface area contributed by atoms with Crippen LogP contribution in [0.2, 0.25) is 0 Å². The molecule has 25 heavy (non-hydrogen) atoms. The molecule has 1 aromatic carbocycles. The summed E-state index contributed by atoms with van der Waals surface area (Å²) in [7, 11) is 0. The van der Waals surface area contributed by atoms with Gasteiger partial charge in [-0.3, -0.25) is 4.79 Å². The van der Waals surface area contributed by atoms with Gasteiger partial charge in [-0.25, -0.2) is 0 Å². The van der Waals surface area contributed by atoms with E-state index in [1.807, 2.05) is 30.5 Å². The molecule has 2 aromatic rings. The van der Waals surface area contributed by atoms with Crippen LogP contribution in [-0.2, 0) is 16.8 Å². The van der Waals surface area contributed by atoms with E-state index in [1.54, 1.807) is 0 Å². The van der Waals surface area contributed by atoms with Gasteiger partial charge in [-0.15, -0.1) is 10.2 Å². The van der Waals surface area contributed by atoms with Gasteiger partial charge in [-0.1, -0.05) is 44.7 Å². The SMILES string of the molecule is CCn1c(SCC(=O)O)nnc1C(C)Oc1ccc(C(C)(C)C)cc1. The topological polar surface area (TPSA) is 77.2 Å². The lowest BCUT2D eigenvalue weighted by atomic mass is 9.87. The van der Waals surface area contributed by atoms with Crippen LogP contribution in [0.5, 0.6) is 5.75 Å². The summed E-state index contributed by atoms with van der Waals surface area (Å²) in [5.74, 6) is 0.545. The molecule has 0 saturated heterocycles. The highest BCUT2D eigenvalue weighted by Crippen LogP contribution is 2.27. The van der Waals surface area contributed by atoms with E-state index in [2.05, 4.69) is 43.1 Å². The van der Waals surface area contributed by atoms with E-state index in [-0.39, 0.29) is 17.3 Å². The molecular formula is C18H25N3O3S. The van der Waals surface area contributed by atoms with Gasteiger partial charge in [0.15, 0.2) is 17.1 Å². The van der Waals surface area contributed by atoms with Crippen molar-refractivity contribution in [3.8, 4) is 5.75 Å². The van der Waals surface area contributed by atoms with Crippen LogP contribution >= 0.6 is 11.8 Å². The fourth-order valence-electron chi connectivity index (χ4n) is 2.42. The number of benzene rings is 1. The van der Waals surface area contributed by atoms with Gasteiger partial charge < -0.3 is 14.4 Å². The van der Waals surface area contributed by atoms with E-state index in [0.717, 1.165) is 17.5 Å². The molecule has 136 valence electrons. The van der Waals surface area contributed by atoms with E-state index in [9.17, 15) is 4.79 Å². The molecule has 1 N–H and O–H groups in total. The fraction of sp³-hybridized carbons (Fsp3) is 0.500. The number of ether oxygens (including phenoxy) is 1. The third kappa shape index (κ3) is 4.98. The molecule has 1 aromatic heterocycles. The molecule has 2 rings (SSSR count). The Morgan fingerprint density at radius 2 is 1.92 bits per heavy atom. The van der Waals surface area contributed by atoms with Crippen molar-refractivity contribution in [2.75, 3.05) is 5.75 Å². The Balaban J connectivity index is 2.12. The maximum atomic E-state index is 10.7. The summed E-state index contributed by atoms with van der Waals surface area (Å²) in [5.41, 5.74) is 1.35. The molecule has 0 bridgehead atoms. The lowest BCUT2D eigenvalue weighted by Crippen LogP contribution is -2.13. The van der Waals surface area contributed by atoms with Gasteiger partial charge in [0.1, 0.15) is 5.75 Å². The van der Waals surface area contributed by atoms with Crippen LogP contribution in [0.25, 0.3) is 0 Å². The highest BCUT2D eigenvalue weighted by Gasteiger charge is 2.20. The highest BCUT2D eigenvalue weighted by molar-refractivity contribution is 7.99. The number of nitrogens with zero attached hydrogens (tertiary/aromatic N) is 3. The highest BCUT2D eigenvalue weighted by atomic mass is 32.2. The van der Waals surface area contributed by atoms with Gasteiger partial charge in [0.2, 0.25) is 0 Å². The van der Waals surface area contributed by atoms with Gasteiger partial charge in [0.05, 0.1) is 5.75 Å². The number of carboxylic acid groups (broad SMARTS) is 1. The Hall–Kier alpha value is -2.02. The zero-order valence-corrected chi connectivity index (χ0v) is 16.1. The molecule has 0 aliphatic rings. The molecule has 1 unspecified atom stereocenters. The van der Waals surface area contributed by atoms with Crippen LogP contribution in [0.15, 0.2) is 29.4 Å². The predicted octanol–water partition coefficient (Wildman–Crippen LogP) is 3.91. The first-order chi connectivity index (χ1) is 11.7. The maximum Gasteiger partial charge on any atom is 0.313 e. The number of carbonyl (C=O) groups is 1. The first kappa shape index (κ1) is 19.3. The summed E-state index contributed by atoms with van der Waals surface area (Å²) in [6.45, 7) is 11.1. The number of thioether (sulfide) groups is 1. The Morgan fingerprint density at radius 3 is 2.44 bits per heavy atom. The number of carboxylic acids is 1. The van der Waals surface area contributed by atoms with Gasteiger partial charge in [0.25, 0.3) is 0 Å². The average molecular weight is 363 g/mol. The molecule has 0 saturated carbocycles. The minimum Gasteiger partial charge on any atom is -0.483 e.